The number of rotatable bonds is 3. The number of nitrogens with one attached hydrogen (secondary N) is 2. The van der Waals surface area contributed by atoms with E-state index in [-0.39, 0.29) is 23.8 Å². The maximum atomic E-state index is 13.0. The molecule has 2 N–H and O–H groups in total. The fourth-order valence-corrected chi connectivity index (χ4v) is 2.68. The Balaban J connectivity index is 1.96. The van der Waals surface area contributed by atoms with Gasteiger partial charge in [0, 0.05) is 11.6 Å². The Morgan fingerprint density at radius 2 is 2.47 bits per heavy atom. The van der Waals surface area contributed by atoms with Crippen LogP contribution in [0.1, 0.15) is 18.5 Å². The largest absolute Gasteiger partial charge is 0.348 e. The highest BCUT2D eigenvalue weighted by Crippen LogP contribution is 2.15. The van der Waals surface area contributed by atoms with Gasteiger partial charge >= 0.3 is 0 Å². The number of hydrogen-bond donors (Lipinski definition) is 2. The van der Waals surface area contributed by atoms with Crippen LogP contribution in [0.4, 0.5) is 4.39 Å². The molecule has 92 valence electrons. The molecule has 1 amide bonds. The molecule has 1 unspecified atom stereocenters. The minimum absolute atomic E-state index is 0.0215. The number of carbonyl (C=O) groups excluding carboxylic acids is 1. The zero-order chi connectivity index (χ0) is 12.3. The fourth-order valence-electron chi connectivity index (χ4n) is 1.74. The highest BCUT2D eigenvalue weighted by atomic mass is 32.2. The molecule has 1 aliphatic heterocycles. The van der Waals surface area contributed by atoms with E-state index in [0.717, 1.165) is 17.2 Å². The Morgan fingerprint density at radius 3 is 3.12 bits per heavy atom. The third kappa shape index (κ3) is 3.20. The summed E-state index contributed by atoms with van der Waals surface area (Å²) < 4.78 is 13.0. The van der Waals surface area contributed by atoms with Gasteiger partial charge in [-0.3, -0.25) is 10.1 Å². The van der Waals surface area contributed by atoms with E-state index in [2.05, 4.69) is 10.6 Å². The van der Waals surface area contributed by atoms with Crippen molar-refractivity contribution in [1.82, 2.24) is 10.6 Å². The van der Waals surface area contributed by atoms with Crippen molar-refractivity contribution in [3.8, 4) is 0 Å². The second-order valence-corrected chi connectivity index (χ2v) is 5.09. The monoisotopic (exact) mass is 254 g/mol. The zero-order valence-electron chi connectivity index (χ0n) is 9.57. The first-order chi connectivity index (χ1) is 8.16. The third-order valence-electron chi connectivity index (χ3n) is 2.74. The van der Waals surface area contributed by atoms with Gasteiger partial charge in [0.2, 0.25) is 5.91 Å². The average molecular weight is 254 g/mol. The van der Waals surface area contributed by atoms with Crippen LogP contribution in [0, 0.1) is 5.82 Å². The minimum Gasteiger partial charge on any atom is -0.348 e. The van der Waals surface area contributed by atoms with Gasteiger partial charge in [-0.05, 0) is 24.6 Å². The summed E-state index contributed by atoms with van der Waals surface area (Å²) >= 11 is 1.70. The predicted octanol–water partition coefficient (Wildman–Crippen LogP) is 1.67. The maximum Gasteiger partial charge on any atom is 0.238 e. The van der Waals surface area contributed by atoms with E-state index in [1.807, 2.05) is 13.0 Å². The number of thioether (sulfide) groups is 1. The Bertz CT molecular complexity index is 407. The van der Waals surface area contributed by atoms with Crippen molar-refractivity contribution in [2.45, 2.75) is 19.0 Å². The molecule has 0 saturated carbocycles. The van der Waals surface area contributed by atoms with Gasteiger partial charge in [0.1, 0.15) is 5.82 Å². The number of amides is 1. The summed E-state index contributed by atoms with van der Waals surface area (Å²) in [4.78, 5) is 11.8. The van der Waals surface area contributed by atoms with Gasteiger partial charge < -0.3 is 5.32 Å². The van der Waals surface area contributed by atoms with Crippen molar-refractivity contribution in [3.63, 3.8) is 0 Å². The number of halogens is 1. The van der Waals surface area contributed by atoms with Gasteiger partial charge in [0.05, 0.1) is 12.1 Å². The van der Waals surface area contributed by atoms with Gasteiger partial charge in [0.25, 0.3) is 0 Å². The summed E-state index contributed by atoms with van der Waals surface area (Å²) in [6.45, 7) is 1.86. The van der Waals surface area contributed by atoms with Crippen LogP contribution >= 0.6 is 11.8 Å². The van der Waals surface area contributed by atoms with E-state index in [4.69, 9.17) is 0 Å². The van der Waals surface area contributed by atoms with Crippen molar-refractivity contribution >= 4 is 17.7 Å². The van der Waals surface area contributed by atoms with Crippen LogP contribution in [-0.4, -0.2) is 23.6 Å². The highest BCUT2D eigenvalue weighted by molar-refractivity contribution is 7.99. The molecular weight excluding hydrogens is 239 g/mol. The van der Waals surface area contributed by atoms with E-state index in [0.29, 0.717) is 0 Å². The lowest BCUT2D eigenvalue weighted by Gasteiger charge is -2.17. The number of carbonyl (C=O) groups is 1. The Kier molecular flexibility index (Phi) is 4.02. The highest BCUT2D eigenvalue weighted by Gasteiger charge is 2.23. The van der Waals surface area contributed by atoms with E-state index in [9.17, 15) is 9.18 Å². The molecule has 0 spiro atoms. The van der Waals surface area contributed by atoms with Crippen molar-refractivity contribution in [1.29, 1.82) is 0 Å². The zero-order valence-corrected chi connectivity index (χ0v) is 10.4. The molecule has 0 bridgehead atoms. The first-order valence-electron chi connectivity index (χ1n) is 5.54. The molecule has 1 fully saturated rings. The smallest absolute Gasteiger partial charge is 0.238 e. The van der Waals surface area contributed by atoms with Gasteiger partial charge in [0.15, 0.2) is 0 Å². The van der Waals surface area contributed by atoms with Crippen molar-refractivity contribution in [2.24, 2.45) is 0 Å². The first-order valence-corrected chi connectivity index (χ1v) is 6.69. The summed E-state index contributed by atoms with van der Waals surface area (Å²) in [5.41, 5.74) is 0.781. The molecule has 2 rings (SSSR count). The molecule has 1 aromatic carbocycles. The number of benzene rings is 1. The van der Waals surface area contributed by atoms with Gasteiger partial charge in [-0.2, -0.15) is 0 Å². The summed E-state index contributed by atoms with van der Waals surface area (Å²) in [7, 11) is 0. The average Bonchev–Trinajstić information content (AvgIpc) is 2.82. The second-order valence-electron chi connectivity index (χ2n) is 4.06. The Hall–Kier alpha value is -1.07. The molecule has 3 nitrogen and oxygen atoms in total. The molecule has 5 heteroatoms. The standard InChI is InChI=1S/C12H15FN2OS/c1-8(9-3-2-4-10(13)5-9)15-12(16)11-6-17-7-14-11/h2-5,8,11,14H,6-7H2,1H3,(H,15,16)/t8-,11?/m0/s1. The van der Waals surface area contributed by atoms with Crippen LogP contribution < -0.4 is 10.6 Å². The van der Waals surface area contributed by atoms with E-state index in [1.165, 1.54) is 12.1 Å². The third-order valence-corrected chi connectivity index (χ3v) is 3.68. The Labute approximate surface area is 104 Å². The lowest BCUT2D eigenvalue weighted by Crippen LogP contribution is -2.42. The normalized spacial score (nSPS) is 21.2. The molecule has 1 aliphatic rings. The maximum absolute atomic E-state index is 13.0. The van der Waals surface area contributed by atoms with Crippen LogP contribution in [0.5, 0.6) is 0 Å². The molecule has 1 aromatic rings. The second kappa shape index (κ2) is 5.51. The topological polar surface area (TPSA) is 41.1 Å². The SMILES string of the molecule is C[C@H](NC(=O)C1CSCN1)c1cccc(F)c1. The quantitative estimate of drug-likeness (QED) is 0.862. The molecular formula is C12H15FN2OS. The minimum atomic E-state index is -0.279. The van der Waals surface area contributed by atoms with Crippen molar-refractivity contribution < 1.29 is 9.18 Å². The van der Waals surface area contributed by atoms with Crippen LogP contribution in [0.2, 0.25) is 0 Å². The lowest BCUT2D eigenvalue weighted by molar-refractivity contribution is -0.123. The van der Waals surface area contributed by atoms with Gasteiger partial charge in [-0.15, -0.1) is 11.8 Å². The van der Waals surface area contributed by atoms with E-state index >= 15 is 0 Å². The van der Waals surface area contributed by atoms with E-state index in [1.54, 1.807) is 17.8 Å². The first kappa shape index (κ1) is 12.4. The van der Waals surface area contributed by atoms with E-state index < -0.39 is 0 Å². The fraction of sp³-hybridized carbons (Fsp3) is 0.417. The molecule has 1 saturated heterocycles. The summed E-state index contributed by atoms with van der Waals surface area (Å²) in [5, 5.41) is 5.99. The van der Waals surface area contributed by atoms with Crippen LogP contribution in [-0.2, 0) is 4.79 Å². The Morgan fingerprint density at radius 1 is 1.65 bits per heavy atom. The summed E-state index contributed by atoms with van der Waals surface area (Å²) in [5.74, 6) is 1.30. The predicted molar refractivity (Wildman–Crippen MR) is 67.2 cm³/mol. The molecule has 2 atom stereocenters. The van der Waals surface area contributed by atoms with Crippen molar-refractivity contribution in [2.75, 3.05) is 11.6 Å². The van der Waals surface area contributed by atoms with Crippen LogP contribution in [0.25, 0.3) is 0 Å². The molecule has 17 heavy (non-hydrogen) atoms. The number of hydrogen-bond acceptors (Lipinski definition) is 3. The molecule has 0 radical (unpaired) electrons. The van der Waals surface area contributed by atoms with Gasteiger partial charge in [-0.25, -0.2) is 4.39 Å². The molecule has 0 aliphatic carbocycles. The van der Waals surface area contributed by atoms with Crippen LogP contribution in [0.15, 0.2) is 24.3 Å². The lowest BCUT2D eigenvalue weighted by atomic mass is 10.1. The molecule has 0 aromatic heterocycles. The summed E-state index contributed by atoms with van der Waals surface area (Å²) in [6.07, 6.45) is 0. The summed E-state index contributed by atoms with van der Waals surface area (Å²) in [6, 6.07) is 6.00. The molecule has 1 heterocycles. The van der Waals surface area contributed by atoms with Gasteiger partial charge in [-0.1, -0.05) is 12.1 Å². The van der Waals surface area contributed by atoms with Crippen LogP contribution in [0.3, 0.4) is 0 Å². The van der Waals surface area contributed by atoms with Crippen molar-refractivity contribution in [3.05, 3.63) is 35.6 Å².